The number of tetrazole rings is 1. The molecule has 0 fully saturated rings. The van der Waals surface area contributed by atoms with Gasteiger partial charge in [-0.1, -0.05) is 24.3 Å². The van der Waals surface area contributed by atoms with Gasteiger partial charge in [0.2, 0.25) is 11.7 Å². The van der Waals surface area contributed by atoms with Gasteiger partial charge in [0.1, 0.15) is 6.54 Å². The summed E-state index contributed by atoms with van der Waals surface area (Å²) < 4.78 is 38.4. The van der Waals surface area contributed by atoms with E-state index in [1.54, 1.807) is 24.3 Å². The first kappa shape index (κ1) is 19.0. The summed E-state index contributed by atoms with van der Waals surface area (Å²) in [5, 5.41) is 22.6. The smallest absolute Gasteiger partial charge is 0.324 e. The van der Waals surface area contributed by atoms with Crippen LogP contribution < -0.4 is 5.32 Å². The molecule has 142 valence electrons. The molecule has 0 saturated carbocycles. The minimum absolute atomic E-state index is 0.0141. The lowest BCUT2D eigenvalue weighted by Gasteiger charge is -2.06. The number of nitrogens with zero attached hydrogens (tertiary/aromatic N) is 5. The molecule has 0 aliphatic carbocycles. The van der Waals surface area contributed by atoms with Crippen molar-refractivity contribution in [1.29, 1.82) is 5.26 Å². The van der Waals surface area contributed by atoms with Crippen LogP contribution in [0.15, 0.2) is 48.5 Å². The van der Waals surface area contributed by atoms with E-state index in [4.69, 9.17) is 5.26 Å². The Morgan fingerprint density at radius 2 is 1.93 bits per heavy atom. The maximum atomic E-state index is 12.8. The lowest BCUT2D eigenvalue weighted by molar-refractivity contribution is -0.137. The minimum Gasteiger partial charge on any atom is -0.324 e. The molecule has 10 heteroatoms. The van der Waals surface area contributed by atoms with Gasteiger partial charge in [-0.2, -0.15) is 23.2 Å². The van der Waals surface area contributed by atoms with E-state index in [0.29, 0.717) is 5.69 Å². The first-order chi connectivity index (χ1) is 13.3. The molecule has 3 rings (SSSR count). The molecule has 2 aromatic carbocycles. The largest absolute Gasteiger partial charge is 0.416 e. The van der Waals surface area contributed by atoms with Gasteiger partial charge in [-0.3, -0.25) is 4.79 Å². The molecule has 0 atom stereocenters. The number of nitrogens with one attached hydrogen (secondary N) is 1. The quantitative estimate of drug-likeness (QED) is 0.727. The van der Waals surface area contributed by atoms with Crippen LogP contribution in [-0.4, -0.2) is 26.1 Å². The fourth-order valence-corrected chi connectivity index (χ4v) is 2.39. The average Bonchev–Trinajstić information content (AvgIpc) is 3.11. The summed E-state index contributed by atoms with van der Waals surface area (Å²) in [7, 11) is 0. The molecule has 0 spiro atoms. The topological polar surface area (TPSA) is 96.5 Å². The van der Waals surface area contributed by atoms with E-state index in [0.717, 1.165) is 22.5 Å². The maximum Gasteiger partial charge on any atom is 0.416 e. The monoisotopic (exact) mass is 386 g/mol. The second-order valence-electron chi connectivity index (χ2n) is 5.80. The Kier molecular flexibility index (Phi) is 5.35. The summed E-state index contributed by atoms with van der Waals surface area (Å²) in [5.41, 5.74) is 0.683. The lowest BCUT2D eigenvalue weighted by Crippen LogP contribution is -2.20. The summed E-state index contributed by atoms with van der Waals surface area (Å²) >= 11 is 0. The normalized spacial score (nSPS) is 11.1. The third-order valence-corrected chi connectivity index (χ3v) is 3.71. The van der Waals surface area contributed by atoms with Crippen molar-refractivity contribution >= 4 is 11.6 Å². The van der Waals surface area contributed by atoms with Gasteiger partial charge in [0, 0.05) is 11.3 Å². The van der Waals surface area contributed by atoms with Crippen LogP contribution in [0.25, 0.3) is 11.4 Å². The van der Waals surface area contributed by atoms with Crippen LogP contribution in [0.4, 0.5) is 18.9 Å². The van der Waals surface area contributed by atoms with Crippen LogP contribution in [-0.2, 0) is 23.9 Å². The van der Waals surface area contributed by atoms with E-state index in [9.17, 15) is 18.0 Å². The molecule has 0 aliphatic rings. The summed E-state index contributed by atoms with van der Waals surface area (Å²) in [6.45, 7) is -0.258. The summed E-state index contributed by atoms with van der Waals surface area (Å²) in [4.78, 5) is 13.1. The van der Waals surface area contributed by atoms with Crippen molar-refractivity contribution in [3.63, 3.8) is 0 Å². The number of anilines is 1. The Bertz CT molecular complexity index is 1020. The number of amides is 1. The van der Waals surface area contributed by atoms with E-state index in [-0.39, 0.29) is 24.4 Å². The molecule has 1 aromatic heterocycles. The van der Waals surface area contributed by atoms with E-state index in [1.807, 2.05) is 6.07 Å². The van der Waals surface area contributed by atoms with E-state index >= 15 is 0 Å². The molecule has 1 heterocycles. The Morgan fingerprint density at radius 1 is 1.18 bits per heavy atom. The molecule has 1 amide bonds. The average molecular weight is 386 g/mol. The number of alkyl halides is 3. The SMILES string of the molecule is N#CCc1ccc(NC(=O)Cn2nnc(-c3cccc(C(F)(F)F)c3)n2)cc1. The van der Waals surface area contributed by atoms with Gasteiger partial charge in [-0.05, 0) is 35.0 Å². The molecule has 0 aliphatic heterocycles. The number of aromatic nitrogens is 4. The molecule has 0 radical (unpaired) electrons. The molecule has 28 heavy (non-hydrogen) atoms. The molecule has 0 unspecified atom stereocenters. The highest BCUT2D eigenvalue weighted by molar-refractivity contribution is 5.90. The van der Waals surface area contributed by atoms with Gasteiger partial charge in [-0.15, -0.1) is 10.2 Å². The van der Waals surface area contributed by atoms with Crippen LogP contribution >= 0.6 is 0 Å². The van der Waals surface area contributed by atoms with Gasteiger partial charge < -0.3 is 5.32 Å². The lowest BCUT2D eigenvalue weighted by atomic mass is 10.1. The molecule has 7 nitrogen and oxygen atoms in total. The third kappa shape index (κ3) is 4.70. The zero-order valence-corrected chi connectivity index (χ0v) is 14.3. The van der Waals surface area contributed by atoms with Gasteiger partial charge in [0.05, 0.1) is 18.1 Å². The fourth-order valence-electron chi connectivity index (χ4n) is 2.39. The predicted octanol–water partition coefficient (Wildman–Crippen LogP) is 3.06. The van der Waals surface area contributed by atoms with E-state index in [1.165, 1.54) is 12.1 Å². The van der Waals surface area contributed by atoms with Crippen molar-refractivity contribution in [2.24, 2.45) is 0 Å². The highest BCUT2D eigenvalue weighted by Gasteiger charge is 2.30. The highest BCUT2D eigenvalue weighted by Crippen LogP contribution is 2.31. The number of rotatable bonds is 5. The number of nitriles is 1. The summed E-state index contributed by atoms with van der Waals surface area (Å²) in [6, 6.07) is 13.3. The zero-order chi connectivity index (χ0) is 20.1. The molecular formula is C18H13F3N6O. The number of halogens is 3. The second-order valence-corrected chi connectivity index (χ2v) is 5.80. The number of hydrogen-bond acceptors (Lipinski definition) is 5. The van der Waals surface area contributed by atoms with Crippen LogP contribution in [0.5, 0.6) is 0 Å². The van der Waals surface area contributed by atoms with Gasteiger partial charge >= 0.3 is 6.18 Å². The van der Waals surface area contributed by atoms with Gasteiger partial charge in [0.15, 0.2) is 0 Å². The Hall–Kier alpha value is -3.74. The third-order valence-electron chi connectivity index (χ3n) is 3.71. The van der Waals surface area contributed by atoms with E-state index < -0.39 is 17.6 Å². The van der Waals surface area contributed by atoms with E-state index in [2.05, 4.69) is 20.7 Å². The molecule has 0 saturated heterocycles. The first-order valence-corrected chi connectivity index (χ1v) is 8.06. The van der Waals surface area contributed by atoms with Crippen molar-refractivity contribution in [2.45, 2.75) is 19.1 Å². The zero-order valence-electron chi connectivity index (χ0n) is 14.3. The maximum absolute atomic E-state index is 12.8. The fraction of sp³-hybridized carbons (Fsp3) is 0.167. The van der Waals surface area contributed by atoms with Crippen molar-refractivity contribution in [3.05, 3.63) is 59.7 Å². The molecule has 0 bridgehead atoms. The van der Waals surface area contributed by atoms with Crippen LogP contribution in [0.3, 0.4) is 0 Å². The van der Waals surface area contributed by atoms with Gasteiger partial charge in [0.25, 0.3) is 0 Å². The Labute approximate surface area is 157 Å². The van der Waals surface area contributed by atoms with Crippen LogP contribution in [0.2, 0.25) is 0 Å². The highest BCUT2D eigenvalue weighted by atomic mass is 19.4. The Morgan fingerprint density at radius 3 is 2.61 bits per heavy atom. The Balaban J connectivity index is 1.66. The van der Waals surface area contributed by atoms with Crippen LogP contribution in [0.1, 0.15) is 11.1 Å². The van der Waals surface area contributed by atoms with Gasteiger partial charge in [-0.25, -0.2) is 0 Å². The molecule has 3 aromatic rings. The van der Waals surface area contributed by atoms with Crippen LogP contribution in [0, 0.1) is 11.3 Å². The van der Waals surface area contributed by atoms with Crippen molar-refractivity contribution in [1.82, 2.24) is 20.2 Å². The standard InChI is InChI=1S/C18H13F3N6O/c19-18(20,21)14-3-1-2-13(10-14)17-24-26-27(25-17)11-16(28)23-15-6-4-12(5-7-15)8-9-22/h1-7,10H,8,11H2,(H,23,28). The summed E-state index contributed by atoms with van der Waals surface area (Å²) in [5.74, 6) is -0.444. The van der Waals surface area contributed by atoms with Crippen molar-refractivity contribution in [3.8, 4) is 17.5 Å². The number of hydrogen-bond donors (Lipinski definition) is 1. The molecular weight excluding hydrogens is 373 g/mol. The number of carbonyl (C=O) groups is 1. The second kappa shape index (κ2) is 7.87. The molecule has 1 N–H and O–H groups in total. The van der Waals surface area contributed by atoms with Crippen molar-refractivity contribution < 1.29 is 18.0 Å². The van der Waals surface area contributed by atoms with Crippen molar-refractivity contribution in [2.75, 3.05) is 5.32 Å². The first-order valence-electron chi connectivity index (χ1n) is 8.06. The summed E-state index contributed by atoms with van der Waals surface area (Å²) in [6.07, 6.45) is -4.20. The number of carbonyl (C=O) groups excluding carboxylic acids is 1. The predicted molar refractivity (Wildman–Crippen MR) is 92.6 cm³/mol. The number of benzene rings is 2. The minimum atomic E-state index is -4.48.